The quantitative estimate of drug-likeness (QED) is 0.172. The number of ether oxygens (including phenoxy) is 4. The largest absolute Gasteiger partial charge is 0.393 e. The molecule has 0 radical (unpaired) electrons. The van der Waals surface area contributed by atoms with Crippen molar-refractivity contribution in [2.24, 2.45) is 40.4 Å². The lowest BCUT2D eigenvalue weighted by Gasteiger charge is -2.59. The average molecular weight is 697 g/mol. The molecule has 0 bridgehead atoms. The van der Waals surface area contributed by atoms with Crippen LogP contribution in [0.2, 0.25) is 0 Å². The van der Waals surface area contributed by atoms with Crippen molar-refractivity contribution in [1.29, 1.82) is 0 Å². The van der Waals surface area contributed by atoms with Crippen LogP contribution >= 0.6 is 0 Å². The van der Waals surface area contributed by atoms with E-state index in [0.717, 1.165) is 25.7 Å². The average Bonchev–Trinajstić information content (AvgIpc) is 3.29. The van der Waals surface area contributed by atoms with Crippen molar-refractivity contribution in [2.45, 2.75) is 159 Å². The van der Waals surface area contributed by atoms with Crippen LogP contribution in [0.3, 0.4) is 0 Å². The minimum absolute atomic E-state index is 0.0140. The Balaban J connectivity index is 1.28. The van der Waals surface area contributed by atoms with E-state index in [9.17, 15) is 40.5 Å². The molecule has 0 aromatic carbocycles. The molecule has 0 aromatic rings. The number of aliphatic hydroxyl groups is 7. The normalized spacial score (nSPS) is 50.6. The second-order valence-corrected chi connectivity index (χ2v) is 17.0. The maximum atomic E-state index is 13.8. The topological polar surface area (TPSA) is 196 Å². The summed E-state index contributed by atoms with van der Waals surface area (Å²) in [5.74, 6) is 0.160. The number of rotatable bonds is 9. The number of hydrogen-bond donors (Lipinski definition) is 7. The molecule has 0 spiro atoms. The fraction of sp³-hybridized carbons (Fsp3) is 0.919. The number of allylic oxidation sites excluding steroid dienone is 1. The number of hydrogen-bond acceptors (Lipinski definition) is 12. The van der Waals surface area contributed by atoms with E-state index >= 15 is 0 Å². The first-order valence-corrected chi connectivity index (χ1v) is 18.6. The molecule has 17 atom stereocenters. The molecule has 2 aliphatic heterocycles. The minimum atomic E-state index is -1.63. The Hall–Kier alpha value is -1.03. The Morgan fingerprint density at radius 3 is 2.27 bits per heavy atom. The maximum absolute atomic E-state index is 13.8. The van der Waals surface area contributed by atoms with E-state index < -0.39 is 72.2 Å². The summed E-state index contributed by atoms with van der Waals surface area (Å²) in [5, 5.41) is 76.2. The van der Waals surface area contributed by atoms with Gasteiger partial charge in [0.25, 0.3) is 0 Å². The Morgan fingerprint density at radius 1 is 0.898 bits per heavy atom. The molecule has 0 aromatic heterocycles. The lowest BCUT2D eigenvalue weighted by Crippen LogP contribution is -2.63. The highest BCUT2D eigenvalue weighted by molar-refractivity contribution is 5.82. The van der Waals surface area contributed by atoms with Gasteiger partial charge < -0.3 is 54.7 Å². The standard InChI is InChI=1S/C37H60O12/c1-18(2)6-9-25(39)19(3)37(45)28(48-34-31(44)32(27(41)17-47-34)49-33-30(43)29(42)26(40)16-46-33)15-24-22-8-7-20-14-21(38)10-12-35(20,4)23(22)11-13-36(24,37)5/h7,18-19,21-24,26-34,38,40-45H,6,8-17H2,1-5H3/t19-,21+,22-,23+,24+,26-,27+,28+,29+,30-,31-,32+,33+,34+,35+,36+,37-/m1/s1. The zero-order valence-electron chi connectivity index (χ0n) is 29.7. The van der Waals surface area contributed by atoms with Gasteiger partial charge in [0.15, 0.2) is 12.6 Å². The van der Waals surface area contributed by atoms with E-state index in [-0.39, 0.29) is 42.4 Å². The first kappa shape index (κ1) is 37.7. The number of ketones is 1. The predicted octanol–water partition coefficient (Wildman–Crippen LogP) is 1.58. The summed E-state index contributed by atoms with van der Waals surface area (Å²) >= 11 is 0. The fourth-order valence-corrected chi connectivity index (χ4v) is 10.8. The zero-order chi connectivity index (χ0) is 35.6. The molecule has 12 nitrogen and oxygen atoms in total. The van der Waals surface area contributed by atoms with E-state index in [1.165, 1.54) is 5.57 Å². The van der Waals surface area contributed by atoms with Crippen LogP contribution in [0.4, 0.5) is 0 Å². The third-order valence-corrected chi connectivity index (χ3v) is 13.9. The summed E-state index contributed by atoms with van der Waals surface area (Å²) < 4.78 is 23.6. The summed E-state index contributed by atoms with van der Waals surface area (Å²) in [5.41, 5.74) is -0.944. The summed E-state index contributed by atoms with van der Waals surface area (Å²) in [7, 11) is 0. The van der Waals surface area contributed by atoms with E-state index in [0.29, 0.717) is 43.9 Å². The predicted molar refractivity (Wildman–Crippen MR) is 176 cm³/mol. The van der Waals surface area contributed by atoms with Crippen molar-refractivity contribution in [3.8, 4) is 0 Å². The molecule has 4 aliphatic carbocycles. The molecule has 3 saturated carbocycles. The van der Waals surface area contributed by atoms with Crippen LogP contribution in [0.5, 0.6) is 0 Å². The molecular weight excluding hydrogens is 636 g/mol. The van der Waals surface area contributed by atoms with Crippen LogP contribution in [-0.4, -0.2) is 122 Å². The van der Waals surface area contributed by atoms with Gasteiger partial charge in [-0.3, -0.25) is 4.79 Å². The molecule has 6 rings (SSSR count). The van der Waals surface area contributed by atoms with Crippen LogP contribution in [0, 0.1) is 40.4 Å². The molecule has 7 N–H and O–H groups in total. The van der Waals surface area contributed by atoms with Crippen LogP contribution in [0.15, 0.2) is 11.6 Å². The highest BCUT2D eigenvalue weighted by atomic mass is 16.7. The molecule has 5 fully saturated rings. The third kappa shape index (κ3) is 6.38. The van der Waals surface area contributed by atoms with E-state index in [2.05, 4.69) is 33.8 Å². The highest BCUT2D eigenvalue weighted by Crippen LogP contribution is 2.69. The van der Waals surface area contributed by atoms with Crippen LogP contribution in [0.1, 0.15) is 92.4 Å². The number of carbonyl (C=O) groups excluding carboxylic acids is 1. The molecule has 49 heavy (non-hydrogen) atoms. The first-order valence-electron chi connectivity index (χ1n) is 18.6. The third-order valence-electron chi connectivity index (χ3n) is 13.9. The fourth-order valence-electron chi connectivity index (χ4n) is 10.8. The van der Waals surface area contributed by atoms with Crippen molar-refractivity contribution in [3.05, 3.63) is 11.6 Å². The molecule has 2 heterocycles. The highest BCUT2D eigenvalue weighted by Gasteiger charge is 2.70. The molecule has 12 heteroatoms. The van der Waals surface area contributed by atoms with Crippen molar-refractivity contribution >= 4 is 5.78 Å². The minimum Gasteiger partial charge on any atom is -0.393 e. The molecule has 280 valence electrons. The maximum Gasteiger partial charge on any atom is 0.186 e. The molecule has 0 unspecified atom stereocenters. The van der Waals surface area contributed by atoms with Gasteiger partial charge in [-0.15, -0.1) is 0 Å². The number of aliphatic hydroxyl groups excluding tert-OH is 6. The lowest BCUT2D eigenvalue weighted by atomic mass is 9.46. The summed E-state index contributed by atoms with van der Waals surface area (Å²) in [6.45, 7) is 9.78. The first-order chi connectivity index (χ1) is 23.0. The smallest absolute Gasteiger partial charge is 0.186 e. The van der Waals surface area contributed by atoms with Gasteiger partial charge in [-0.05, 0) is 80.5 Å². The van der Waals surface area contributed by atoms with Gasteiger partial charge in [-0.1, -0.05) is 46.3 Å². The second-order valence-electron chi connectivity index (χ2n) is 17.0. The van der Waals surface area contributed by atoms with Crippen molar-refractivity contribution in [2.75, 3.05) is 13.2 Å². The zero-order valence-corrected chi connectivity index (χ0v) is 29.7. The van der Waals surface area contributed by atoms with Crippen LogP contribution < -0.4 is 0 Å². The molecule has 0 amide bonds. The van der Waals surface area contributed by atoms with E-state index in [4.69, 9.17) is 18.9 Å². The Kier molecular flexibility index (Phi) is 10.8. The van der Waals surface area contributed by atoms with Gasteiger partial charge in [-0.2, -0.15) is 0 Å². The number of fused-ring (bicyclic) bond motifs is 5. The van der Waals surface area contributed by atoms with Gasteiger partial charge in [0.2, 0.25) is 0 Å². The van der Waals surface area contributed by atoms with Gasteiger partial charge in [0, 0.05) is 17.8 Å². The molecule has 2 saturated heterocycles. The molecular formula is C37H60O12. The second kappa shape index (κ2) is 14.1. The van der Waals surface area contributed by atoms with Gasteiger partial charge >= 0.3 is 0 Å². The van der Waals surface area contributed by atoms with Gasteiger partial charge in [-0.25, -0.2) is 0 Å². The van der Waals surface area contributed by atoms with Crippen LogP contribution in [0.25, 0.3) is 0 Å². The van der Waals surface area contributed by atoms with Crippen LogP contribution in [-0.2, 0) is 23.7 Å². The SMILES string of the molecule is CC(C)CCC(=O)[C@@H](C)[C@@]1(O)[C@@H](O[C@@H]2OC[C@H](O)[C@H](O[C@@H]3OC[C@@H](O)[C@H](O)[C@H]3O)[C@H]2O)C[C@H]2[C@@H]3CC=C4C[C@@H](O)CC[C@]4(C)[C@H]3CC[C@@]21C. The Morgan fingerprint density at radius 2 is 1.57 bits per heavy atom. The van der Waals surface area contributed by atoms with Gasteiger partial charge in [0.05, 0.1) is 25.4 Å². The summed E-state index contributed by atoms with van der Waals surface area (Å²) in [6.07, 6.45) is -4.08. The Labute approximate surface area is 289 Å². The van der Waals surface area contributed by atoms with E-state index in [1.807, 2.05) is 0 Å². The summed E-state index contributed by atoms with van der Waals surface area (Å²) in [6, 6.07) is 0. The number of carbonyl (C=O) groups is 1. The van der Waals surface area contributed by atoms with E-state index in [1.54, 1.807) is 6.92 Å². The van der Waals surface area contributed by atoms with Crippen molar-refractivity contribution in [1.82, 2.24) is 0 Å². The lowest BCUT2D eigenvalue weighted by molar-refractivity contribution is -0.344. The molecule has 6 aliphatic rings. The Bertz CT molecular complexity index is 1230. The number of Topliss-reactive ketones (excluding diaryl/α,β-unsaturated/α-hetero) is 1. The van der Waals surface area contributed by atoms with Crippen molar-refractivity contribution < 1.29 is 59.5 Å². The van der Waals surface area contributed by atoms with Gasteiger partial charge in [0.1, 0.15) is 48.0 Å². The van der Waals surface area contributed by atoms with Crippen molar-refractivity contribution in [3.63, 3.8) is 0 Å². The summed E-state index contributed by atoms with van der Waals surface area (Å²) in [4.78, 5) is 13.8. The monoisotopic (exact) mass is 696 g/mol.